The van der Waals surface area contributed by atoms with Crippen molar-refractivity contribution in [1.29, 1.82) is 0 Å². The number of nitrogens with one attached hydrogen (secondary N) is 2. The number of hydrogen-bond acceptors (Lipinski definition) is 6. The molecule has 3 aromatic rings. The molecular formula is C28H37N5O3S. The van der Waals surface area contributed by atoms with Crippen molar-refractivity contribution < 1.29 is 14.3 Å². The van der Waals surface area contributed by atoms with Crippen molar-refractivity contribution in [2.24, 2.45) is 5.92 Å². The van der Waals surface area contributed by atoms with Crippen LogP contribution in [0, 0.1) is 12.8 Å². The van der Waals surface area contributed by atoms with Gasteiger partial charge in [-0.15, -0.1) is 10.2 Å². The standard InChI is InChI=1S/C28H37N5O3S/c1-17(2)15-33-27(20(6)36-24-11-8-22(9-12-24)18(3)4)31-32-28(33)37-16-26(35)30-23-10-13-25(19(5)14-23)29-21(7)34/h8-14,17-18,20H,15-16H2,1-7H3,(H,29,34)(H,30,35). The number of ether oxygens (including phenoxy) is 1. The van der Waals surface area contributed by atoms with Gasteiger partial charge in [0.1, 0.15) is 5.75 Å². The van der Waals surface area contributed by atoms with Gasteiger partial charge in [-0.2, -0.15) is 0 Å². The second-order valence-electron chi connectivity index (χ2n) is 9.88. The molecule has 2 aromatic carbocycles. The first-order valence-corrected chi connectivity index (χ1v) is 13.5. The molecule has 2 N–H and O–H groups in total. The zero-order valence-corrected chi connectivity index (χ0v) is 23.5. The Hall–Kier alpha value is -3.33. The first-order chi connectivity index (χ1) is 17.5. The van der Waals surface area contributed by atoms with E-state index in [1.54, 1.807) is 12.1 Å². The van der Waals surface area contributed by atoms with Gasteiger partial charge in [-0.3, -0.25) is 9.59 Å². The highest BCUT2D eigenvalue weighted by molar-refractivity contribution is 7.99. The summed E-state index contributed by atoms with van der Waals surface area (Å²) in [6.07, 6.45) is -0.301. The van der Waals surface area contributed by atoms with Gasteiger partial charge >= 0.3 is 0 Å². The Morgan fingerprint density at radius 2 is 1.70 bits per heavy atom. The molecule has 37 heavy (non-hydrogen) atoms. The SMILES string of the molecule is CC(=O)Nc1ccc(NC(=O)CSc2nnc(C(C)Oc3ccc(C(C)C)cc3)n2CC(C)C)cc1C. The van der Waals surface area contributed by atoms with Crippen LogP contribution in [-0.2, 0) is 16.1 Å². The molecule has 9 heteroatoms. The summed E-state index contributed by atoms with van der Waals surface area (Å²) in [4.78, 5) is 24.0. The Morgan fingerprint density at radius 1 is 1.00 bits per heavy atom. The Morgan fingerprint density at radius 3 is 2.30 bits per heavy atom. The van der Waals surface area contributed by atoms with Crippen molar-refractivity contribution in [3.8, 4) is 5.75 Å². The van der Waals surface area contributed by atoms with E-state index in [1.165, 1.54) is 24.2 Å². The van der Waals surface area contributed by atoms with Crippen LogP contribution in [0.15, 0.2) is 47.6 Å². The molecule has 1 atom stereocenters. The highest BCUT2D eigenvalue weighted by atomic mass is 32.2. The van der Waals surface area contributed by atoms with Crippen LogP contribution >= 0.6 is 11.8 Å². The lowest BCUT2D eigenvalue weighted by Crippen LogP contribution is -2.17. The van der Waals surface area contributed by atoms with E-state index in [9.17, 15) is 9.59 Å². The molecule has 1 heterocycles. The lowest BCUT2D eigenvalue weighted by Gasteiger charge is -2.18. The molecule has 1 aromatic heterocycles. The van der Waals surface area contributed by atoms with Crippen molar-refractivity contribution in [2.45, 2.75) is 72.2 Å². The first-order valence-electron chi connectivity index (χ1n) is 12.5. The molecule has 0 bridgehead atoms. The molecule has 0 aliphatic carbocycles. The number of carbonyl (C=O) groups is 2. The summed E-state index contributed by atoms with van der Waals surface area (Å²) in [5, 5.41) is 15.2. The Labute approximate surface area is 223 Å². The lowest BCUT2D eigenvalue weighted by atomic mass is 10.0. The minimum absolute atomic E-state index is 0.134. The van der Waals surface area contributed by atoms with E-state index in [0.717, 1.165) is 29.4 Å². The van der Waals surface area contributed by atoms with Crippen LogP contribution < -0.4 is 15.4 Å². The van der Waals surface area contributed by atoms with Gasteiger partial charge in [0, 0.05) is 24.8 Å². The number of thioether (sulfide) groups is 1. The summed E-state index contributed by atoms with van der Waals surface area (Å²) in [6, 6.07) is 13.5. The molecule has 198 valence electrons. The normalized spacial score (nSPS) is 12.0. The van der Waals surface area contributed by atoms with Crippen molar-refractivity contribution in [3.63, 3.8) is 0 Å². The average molecular weight is 524 g/mol. The molecule has 0 saturated heterocycles. The van der Waals surface area contributed by atoms with Gasteiger partial charge in [0.25, 0.3) is 0 Å². The van der Waals surface area contributed by atoms with E-state index in [4.69, 9.17) is 4.74 Å². The summed E-state index contributed by atoms with van der Waals surface area (Å²) < 4.78 is 8.23. The second-order valence-corrected chi connectivity index (χ2v) is 10.8. The van der Waals surface area contributed by atoms with Crippen LogP contribution in [0.25, 0.3) is 0 Å². The molecule has 0 fully saturated rings. The predicted octanol–water partition coefficient (Wildman–Crippen LogP) is 6.20. The molecule has 0 aliphatic heterocycles. The second kappa shape index (κ2) is 12.8. The fourth-order valence-corrected chi connectivity index (χ4v) is 4.59. The largest absolute Gasteiger partial charge is 0.483 e. The van der Waals surface area contributed by atoms with Crippen LogP contribution in [0.2, 0.25) is 0 Å². The van der Waals surface area contributed by atoms with Gasteiger partial charge in [-0.05, 0) is 67.1 Å². The van der Waals surface area contributed by atoms with Crippen molar-refractivity contribution in [2.75, 3.05) is 16.4 Å². The number of nitrogens with zero attached hydrogens (tertiary/aromatic N) is 3. The van der Waals surface area contributed by atoms with Gasteiger partial charge in [0.2, 0.25) is 11.8 Å². The van der Waals surface area contributed by atoms with E-state index in [-0.39, 0.29) is 23.7 Å². The summed E-state index contributed by atoms with van der Waals surface area (Å²) in [5.74, 6) is 2.25. The maximum atomic E-state index is 12.7. The van der Waals surface area contributed by atoms with E-state index >= 15 is 0 Å². The van der Waals surface area contributed by atoms with Gasteiger partial charge < -0.3 is 19.9 Å². The van der Waals surface area contributed by atoms with Gasteiger partial charge in [-0.1, -0.05) is 51.6 Å². The zero-order chi connectivity index (χ0) is 27.1. The van der Waals surface area contributed by atoms with Gasteiger partial charge in [0.05, 0.1) is 5.75 Å². The third-order valence-electron chi connectivity index (χ3n) is 5.67. The van der Waals surface area contributed by atoms with Crippen LogP contribution in [-0.4, -0.2) is 32.3 Å². The van der Waals surface area contributed by atoms with Crippen molar-refractivity contribution in [1.82, 2.24) is 14.8 Å². The average Bonchev–Trinajstić information content (AvgIpc) is 3.21. The van der Waals surface area contributed by atoms with Crippen LogP contribution in [0.3, 0.4) is 0 Å². The Balaban J connectivity index is 1.66. The summed E-state index contributed by atoms with van der Waals surface area (Å²) in [5.41, 5.74) is 3.53. The number of aromatic nitrogens is 3. The predicted molar refractivity (Wildman–Crippen MR) is 149 cm³/mol. The quantitative estimate of drug-likeness (QED) is 0.291. The Bertz CT molecular complexity index is 1220. The van der Waals surface area contributed by atoms with E-state index < -0.39 is 0 Å². The summed E-state index contributed by atoms with van der Waals surface area (Å²) >= 11 is 1.35. The van der Waals surface area contributed by atoms with Gasteiger partial charge in [-0.25, -0.2) is 0 Å². The van der Waals surface area contributed by atoms with Crippen LogP contribution in [0.5, 0.6) is 5.75 Å². The molecule has 3 rings (SSSR count). The van der Waals surface area contributed by atoms with E-state index in [0.29, 0.717) is 22.7 Å². The molecule has 0 saturated carbocycles. The maximum absolute atomic E-state index is 12.7. The fourth-order valence-electron chi connectivity index (χ4n) is 3.83. The highest BCUT2D eigenvalue weighted by Crippen LogP contribution is 2.27. The molecule has 2 amide bonds. The smallest absolute Gasteiger partial charge is 0.234 e. The number of anilines is 2. The van der Waals surface area contributed by atoms with E-state index in [1.807, 2.05) is 36.6 Å². The number of amides is 2. The van der Waals surface area contributed by atoms with Crippen LogP contribution in [0.1, 0.15) is 70.5 Å². The molecule has 1 unspecified atom stereocenters. The molecule has 8 nitrogen and oxygen atoms in total. The number of rotatable bonds is 11. The topological polar surface area (TPSA) is 98.1 Å². The lowest BCUT2D eigenvalue weighted by molar-refractivity contribution is -0.114. The molecular weight excluding hydrogens is 486 g/mol. The summed E-state index contributed by atoms with van der Waals surface area (Å²) in [6.45, 7) is 14.6. The Kier molecular flexibility index (Phi) is 9.74. The molecule has 0 aliphatic rings. The minimum atomic E-state index is -0.301. The van der Waals surface area contributed by atoms with Crippen molar-refractivity contribution in [3.05, 3.63) is 59.4 Å². The van der Waals surface area contributed by atoms with Gasteiger partial charge in [0.15, 0.2) is 17.1 Å². The number of benzene rings is 2. The number of carbonyl (C=O) groups excluding carboxylic acids is 2. The minimum Gasteiger partial charge on any atom is -0.483 e. The first kappa shape index (κ1) is 28.2. The molecule has 0 radical (unpaired) electrons. The monoisotopic (exact) mass is 523 g/mol. The number of aryl methyl sites for hydroxylation is 1. The zero-order valence-electron chi connectivity index (χ0n) is 22.7. The van der Waals surface area contributed by atoms with Crippen molar-refractivity contribution >= 4 is 35.0 Å². The maximum Gasteiger partial charge on any atom is 0.234 e. The van der Waals surface area contributed by atoms with Crippen LogP contribution in [0.4, 0.5) is 11.4 Å². The molecule has 0 spiro atoms. The summed E-state index contributed by atoms with van der Waals surface area (Å²) in [7, 11) is 0. The third kappa shape index (κ3) is 8.08. The number of hydrogen-bond donors (Lipinski definition) is 2. The fraction of sp³-hybridized carbons (Fsp3) is 0.429. The van der Waals surface area contributed by atoms with E-state index in [2.05, 4.69) is 60.7 Å². The highest BCUT2D eigenvalue weighted by Gasteiger charge is 2.21. The third-order valence-corrected chi connectivity index (χ3v) is 6.64.